The fraction of sp³-hybridized carbons (Fsp3) is 0.357. The minimum absolute atomic E-state index is 0.274. The number of hydrogen-bond donors (Lipinski definition) is 3. The lowest BCUT2D eigenvalue weighted by molar-refractivity contribution is 0.135. The van der Waals surface area contributed by atoms with Gasteiger partial charge < -0.3 is 16.8 Å². The molecule has 3 atom stereocenters. The molecule has 2 bridgehead atoms. The normalized spacial score (nSPS) is 22.5. The number of piperidine rings is 1. The summed E-state index contributed by atoms with van der Waals surface area (Å²) in [5, 5.41) is 13.4. The summed E-state index contributed by atoms with van der Waals surface area (Å²) in [6, 6.07) is 19.9. The lowest BCUT2D eigenvalue weighted by Gasteiger charge is -2.38. The Morgan fingerprint density at radius 1 is 1.11 bits per heavy atom. The molecule has 0 saturated carbocycles. The number of nitrogens with two attached hydrogens (primary N) is 2. The van der Waals surface area contributed by atoms with E-state index >= 15 is 0 Å². The molecule has 2 aliphatic heterocycles. The average Bonchev–Trinajstić information content (AvgIpc) is 3.10. The van der Waals surface area contributed by atoms with Crippen LogP contribution in [0.3, 0.4) is 0 Å². The van der Waals surface area contributed by atoms with Gasteiger partial charge in [0.05, 0.1) is 11.6 Å². The van der Waals surface area contributed by atoms with E-state index in [9.17, 15) is 0 Å². The molecule has 2 aliphatic rings. The van der Waals surface area contributed by atoms with Gasteiger partial charge in [0, 0.05) is 42.2 Å². The summed E-state index contributed by atoms with van der Waals surface area (Å²) in [6.07, 6.45) is 6.62. The molecule has 184 valence electrons. The largest absolute Gasteiger partial charge is 0.402 e. The van der Waals surface area contributed by atoms with Gasteiger partial charge in [-0.15, -0.1) is 0 Å². The van der Waals surface area contributed by atoms with Crippen molar-refractivity contribution in [2.24, 2.45) is 16.5 Å². The summed E-state index contributed by atoms with van der Waals surface area (Å²) >= 11 is 0. The van der Waals surface area contributed by atoms with Gasteiger partial charge >= 0.3 is 0 Å². The number of rotatable bonds is 7. The molecule has 0 amide bonds. The van der Waals surface area contributed by atoms with Crippen LogP contribution in [-0.2, 0) is 0 Å². The highest BCUT2D eigenvalue weighted by molar-refractivity contribution is 5.98. The van der Waals surface area contributed by atoms with E-state index < -0.39 is 0 Å². The molecule has 0 radical (unpaired) electrons. The van der Waals surface area contributed by atoms with Crippen LogP contribution in [0, 0.1) is 11.3 Å². The van der Waals surface area contributed by atoms with E-state index in [-0.39, 0.29) is 6.04 Å². The van der Waals surface area contributed by atoms with Gasteiger partial charge in [-0.1, -0.05) is 36.4 Å². The summed E-state index contributed by atoms with van der Waals surface area (Å²) in [5.74, 6) is 1.38. The third-order valence-electron chi connectivity index (χ3n) is 7.09. The molecule has 1 unspecified atom stereocenters. The number of aromatic nitrogens is 2. The summed E-state index contributed by atoms with van der Waals surface area (Å²) in [6.45, 7) is 2.64. The number of aliphatic imine (C=N–C) groups is 1. The Hall–Kier alpha value is -3.96. The summed E-state index contributed by atoms with van der Waals surface area (Å²) < 4.78 is 0. The molecular weight excluding hydrogens is 448 g/mol. The second kappa shape index (κ2) is 10.3. The van der Waals surface area contributed by atoms with Gasteiger partial charge in [-0.2, -0.15) is 10.2 Å². The van der Waals surface area contributed by atoms with Crippen LogP contribution in [0.15, 0.2) is 65.3 Å². The number of fused-ring (bicyclic) bond motifs is 3. The molecule has 36 heavy (non-hydrogen) atoms. The lowest BCUT2D eigenvalue weighted by Crippen LogP contribution is -2.47. The monoisotopic (exact) mass is 480 g/mol. The molecule has 8 heteroatoms. The minimum atomic E-state index is 0.274. The van der Waals surface area contributed by atoms with Crippen LogP contribution in [0.25, 0.3) is 22.0 Å². The van der Waals surface area contributed by atoms with Gasteiger partial charge in [-0.3, -0.25) is 4.90 Å². The van der Waals surface area contributed by atoms with Gasteiger partial charge in [-0.25, -0.2) is 9.98 Å². The molecule has 5 rings (SSSR count). The van der Waals surface area contributed by atoms with E-state index in [2.05, 4.69) is 45.5 Å². The third kappa shape index (κ3) is 5.16. The summed E-state index contributed by atoms with van der Waals surface area (Å²) in [4.78, 5) is 16.8. The maximum absolute atomic E-state index is 9.02. The van der Waals surface area contributed by atoms with Crippen LogP contribution in [0.1, 0.15) is 39.0 Å². The predicted molar refractivity (Wildman–Crippen MR) is 145 cm³/mol. The Bertz CT molecular complexity index is 1320. The van der Waals surface area contributed by atoms with Crippen LogP contribution in [0.5, 0.6) is 0 Å². The first-order valence-electron chi connectivity index (χ1n) is 12.5. The Kier molecular flexibility index (Phi) is 6.83. The number of anilines is 1. The minimum Gasteiger partial charge on any atom is -0.402 e. The quantitative estimate of drug-likeness (QED) is 0.336. The number of nitrogens with one attached hydrogen (secondary N) is 1. The van der Waals surface area contributed by atoms with E-state index in [1.807, 2.05) is 24.3 Å². The first kappa shape index (κ1) is 23.8. The molecule has 8 nitrogen and oxygen atoms in total. The highest BCUT2D eigenvalue weighted by atomic mass is 15.2. The maximum Gasteiger partial charge on any atom is 0.225 e. The molecular formula is C28H32N8. The van der Waals surface area contributed by atoms with Crippen molar-refractivity contribution in [1.82, 2.24) is 14.9 Å². The second-order valence-electron chi connectivity index (χ2n) is 9.74. The van der Waals surface area contributed by atoms with Crippen molar-refractivity contribution in [1.29, 1.82) is 5.26 Å². The van der Waals surface area contributed by atoms with E-state index in [1.54, 1.807) is 13.0 Å². The molecule has 1 aromatic heterocycles. The zero-order chi connectivity index (χ0) is 25.1. The fourth-order valence-corrected chi connectivity index (χ4v) is 5.58. The highest BCUT2D eigenvalue weighted by Crippen LogP contribution is 2.37. The molecule has 3 heterocycles. The van der Waals surface area contributed by atoms with Crippen LogP contribution in [-0.4, -0.2) is 45.4 Å². The van der Waals surface area contributed by atoms with Gasteiger partial charge in [0.2, 0.25) is 5.95 Å². The molecule has 3 aromatic rings. The van der Waals surface area contributed by atoms with Crippen molar-refractivity contribution in [3.63, 3.8) is 0 Å². The van der Waals surface area contributed by atoms with Crippen molar-refractivity contribution in [3.05, 3.63) is 60.3 Å². The SMILES string of the molecule is C/C(N)=C/C(N)=Nc1nc(NC2C[C@H]3CC[C@@H](C2)N3CCC#N)nc2cc(-c3ccccc3)ccc12. The average molecular weight is 481 g/mol. The van der Waals surface area contributed by atoms with E-state index in [0.29, 0.717) is 41.8 Å². The van der Waals surface area contributed by atoms with Crippen LogP contribution in [0.4, 0.5) is 11.8 Å². The molecule has 0 spiro atoms. The van der Waals surface area contributed by atoms with Gasteiger partial charge in [0.1, 0.15) is 5.84 Å². The van der Waals surface area contributed by atoms with E-state index in [4.69, 9.17) is 26.7 Å². The summed E-state index contributed by atoms with van der Waals surface area (Å²) in [7, 11) is 0. The number of allylic oxidation sites excluding steroid dienone is 1. The Morgan fingerprint density at radius 3 is 2.56 bits per heavy atom. The number of nitriles is 1. The van der Waals surface area contributed by atoms with Crippen LogP contribution < -0.4 is 16.8 Å². The van der Waals surface area contributed by atoms with Crippen LogP contribution in [0.2, 0.25) is 0 Å². The Morgan fingerprint density at radius 2 is 1.86 bits per heavy atom. The first-order chi connectivity index (χ1) is 17.5. The number of nitrogens with zero attached hydrogens (tertiary/aromatic N) is 5. The zero-order valence-electron chi connectivity index (χ0n) is 20.6. The maximum atomic E-state index is 9.02. The molecule has 2 saturated heterocycles. The van der Waals surface area contributed by atoms with Crippen LogP contribution >= 0.6 is 0 Å². The third-order valence-corrected chi connectivity index (χ3v) is 7.09. The zero-order valence-corrected chi connectivity index (χ0v) is 20.6. The topological polar surface area (TPSA) is 129 Å². The fourth-order valence-electron chi connectivity index (χ4n) is 5.58. The van der Waals surface area contributed by atoms with Crippen molar-refractivity contribution in [2.75, 3.05) is 11.9 Å². The standard InChI is InChI=1S/C28H32N8/c1-18(30)14-26(31)34-27-24-11-8-20(19-6-3-2-4-7-19)15-25(24)33-28(35-27)32-21-16-22-9-10-23(17-21)36(22)13-5-12-29/h2-4,6-8,11,14-15,21-23H,5,9-10,13,16-17,30H2,1H3,(H3,31,32,33,34,35)/b18-14-/t21?,22-,23+. The van der Waals surface area contributed by atoms with Gasteiger partial charge in [0.15, 0.2) is 5.82 Å². The second-order valence-corrected chi connectivity index (χ2v) is 9.74. The van der Waals surface area contributed by atoms with Crippen molar-refractivity contribution in [3.8, 4) is 17.2 Å². The first-order valence-corrected chi connectivity index (χ1v) is 12.5. The van der Waals surface area contributed by atoms with E-state index in [1.165, 1.54) is 12.8 Å². The van der Waals surface area contributed by atoms with Gasteiger partial charge in [0.25, 0.3) is 0 Å². The smallest absolute Gasteiger partial charge is 0.225 e. The highest BCUT2D eigenvalue weighted by Gasteiger charge is 2.40. The summed E-state index contributed by atoms with van der Waals surface area (Å²) in [5.41, 5.74) is 15.5. The Balaban J connectivity index is 1.48. The Labute approximate surface area is 211 Å². The molecule has 5 N–H and O–H groups in total. The number of hydrogen-bond acceptors (Lipinski definition) is 7. The lowest BCUT2D eigenvalue weighted by atomic mass is 9.97. The molecule has 2 aromatic carbocycles. The molecule has 2 fully saturated rings. The number of amidine groups is 1. The van der Waals surface area contributed by atoms with Gasteiger partial charge in [-0.05, 0) is 61.9 Å². The van der Waals surface area contributed by atoms with Crippen molar-refractivity contribution in [2.45, 2.75) is 57.2 Å². The van der Waals surface area contributed by atoms with Crippen molar-refractivity contribution < 1.29 is 0 Å². The predicted octanol–water partition coefficient (Wildman–Crippen LogP) is 4.47. The van der Waals surface area contributed by atoms with E-state index in [0.717, 1.165) is 41.4 Å². The van der Waals surface area contributed by atoms with Crippen molar-refractivity contribution >= 4 is 28.5 Å². The number of benzene rings is 2. The molecule has 0 aliphatic carbocycles.